The van der Waals surface area contributed by atoms with E-state index in [-0.39, 0.29) is 12.1 Å². The number of nitrogens with zero attached hydrogens (tertiary/aromatic N) is 1. The Kier molecular flexibility index (Phi) is 4.99. The van der Waals surface area contributed by atoms with Crippen molar-refractivity contribution < 1.29 is 4.74 Å². The molecule has 26 heavy (non-hydrogen) atoms. The number of halogens is 1. The summed E-state index contributed by atoms with van der Waals surface area (Å²) in [5.41, 5.74) is 3.87. The molecule has 3 nitrogen and oxygen atoms in total. The smallest absolute Gasteiger partial charge is 0.105 e. The average molecular weight is 361 g/mol. The third kappa shape index (κ3) is 3.63. The van der Waals surface area contributed by atoms with Crippen molar-refractivity contribution in [2.45, 2.75) is 12.1 Å². The maximum absolute atomic E-state index is 6.36. The number of hydrogen-bond acceptors (Lipinski definition) is 3. The first-order chi connectivity index (χ1) is 12.8. The fourth-order valence-corrected chi connectivity index (χ4v) is 3.30. The predicted octanol–water partition coefficient (Wildman–Crippen LogP) is 4.49. The lowest BCUT2D eigenvalue weighted by Crippen LogP contribution is -2.17. The van der Waals surface area contributed by atoms with Crippen molar-refractivity contribution in [3.63, 3.8) is 0 Å². The van der Waals surface area contributed by atoms with Gasteiger partial charge in [0.2, 0.25) is 0 Å². The van der Waals surface area contributed by atoms with Crippen LogP contribution in [0.4, 0.5) is 0 Å². The van der Waals surface area contributed by atoms with Crippen molar-refractivity contribution in [3.8, 4) is 11.8 Å². The summed E-state index contributed by atoms with van der Waals surface area (Å²) >= 11 is 6.36. The van der Waals surface area contributed by atoms with Gasteiger partial charge in [-0.05, 0) is 29.8 Å². The molecule has 4 rings (SSSR count). The molecule has 1 N–H and O–H groups in total. The normalized spacial score (nSPS) is 19.0. The minimum absolute atomic E-state index is 0.0131. The molecule has 4 heteroatoms. The monoisotopic (exact) mass is 360 g/mol. The second kappa shape index (κ2) is 7.72. The fourth-order valence-electron chi connectivity index (χ4n) is 3.06. The summed E-state index contributed by atoms with van der Waals surface area (Å²) in [6, 6.07) is 19.7. The summed E-state index contributed by atoms with van der Waals surface area (Å²) in [4.78, 5) is 4.36. The van der Waals surface area contributed by atoms with Gasteiger partial charge in [0, 0.05) is 34.1 Å². The lowest BCUT2D eigenvalue weighted by molar-refractivity contribution is 0.103. The van der Waals surface area contributed by atoms with Crippen molar-refractivity contribution >= 4 is 11.6 Å². The van der Waals surface area contributed by atoms with Gasteiger partial charge in [0.15, 0.2) is 0 Å². The topological polar surface area (TPSA) is 34.1 Å². The highest BCUT2D eigenvalue weighted by molar-refractivity contribution is 6.31. The van der Waals surface area contributed by atoms with Gasteiger partial charge in [-0.3, -0.25) is 10.3 Å². The molecule has 1 aliphatic rings. The number of rotatable bonds is 2. The Balaban J connectivity index is 1.62. The Labute approximate surface area is 158 Å². The van der Waals surface area contributed by atoms with Crippen molar-refractivity contribution in [2.24, 2.45) is 0 Å². The molecule has 0 unspecified atom stereocenters. The van der Waals surface area contributed by atoms with E-state index in [2.05, 4.69) is 28.2 Å². The molecule has 2 aromatic carbocycles. The van der Waals surface area contributed by atoms with Crippen LogP contribution in [0.1, 0.15) is 34.4 Å². The molecule has 0 bridgehead atoms. The van der Waals surface area contributed by atoms with Gasteiger partial charge in [0.05, 0.1) is 12.8 Å². The molecule has 0 saturated carbocycles. The Morgan fingerprint density at radius 3 is 2.58 bits per heavy atom. The van der Waals surface area contributed by atoms with Gasteiger partial charge in [-0.25, -0.2) is 0 Å². The van der Waals surface area contributed by atoms with Crippen LogP contribution >= 0.6 is 11.6 Å². The Hall–Kier alpha value is -2.64. The molecule has 1 fully saturated rings. The zero-order valence-corrected chi connectivity index (χ0v) is 14.8. The quantitative estimate of drug-likeness (QED) is 0.683. The van der Waals surface area contributed by atoms with Crippen molar-refractivity contribution in [3.05, 3.63) is 100 Å². The van der Waals surface area contributed by atoms with E-state index in [0.717, 1.165) is 22.3 Å². The van der Waals surface area contributed by atoms with E-state index in [1.54, 1.807) is 6.20 Å². The number of ether oxygens (including phenoxy) is 1. The molecular formula is C22H17ClN2O. The highest BCUT2D eigenvalue weighted by atomic mass is 35.5. The Morgan fingerprint density at radius 1 is 0.962 bits per heavy atom. The first kappa shape index (κ1) is 16.8. The largest absolute Gasteiger partial charge is 0.356 e. The van der Waals surface area contributed by atoms with E-state index in [1.807, 2.05) is 60.8 Å². The zero-order valence-electron chi connectivity index (χ0n) is 14.0. The molecule has 128 valence electrons. The molecule has 0 aliphatic carbocycles. The number of benzene rings is 2. The van der Waals surface area contributed by atoms with Gasteiger partial charge in [-0.2, -0.15) is 0 Å². The molecule has 0 radical (unpaired) electrons. The minimum atomic E-state index is -0.150. The standard InChI is InChI=1S/C22H17ClN2O/c23-20-9-5-4-8-19(20)22-21(25-15-26-22)18-12-17(13-24-14-18)11-10-16-6-2-1-3-7-16/h1-9,12-14,21-22,25H,15H2/t21-,22-/m1/s1. The van der Waals surface area contributed by atoms with E-state index in [1.165, 1.54) is 0 Å². The van der Waals surface area contributed by atoms with Crippen molar-refractivity contribution in [2.75, 3.05) is 6.73 Å². The maximum atomic E-state index is 6.36. The average Bonchev–Trinajstić information content (AvgIpc) is 3.17. The fraction of sp³-hybridized carbons (Fsp3) is 0.136. The summed E-state index contributed by atoms with van der Waals surface area (Å²) in [5, 5.41) is 4.09. The molecule has 2 atom stereocenters. The summed E-state index contributed by atoms with van der Waals surface area (Å²) < 4.78 is 5.90. The maximum Gasteiger partial charge on any atom is 0.105 e. The van der Waals surface area contributed by atoms with Crippen molar-refractivity contribution in [1.29, 1.82) is 0 Å². The van der Waals surface area contributed by atoms with Crippen LogP contribution in [-0.2, 0) is 4.74 Å². The summed E-state index contributed by atoms with van der Waals surface area (Å²) in [5.74, 6) is 6.35. The summed E-state index contributed by atoms with van der Waals surface area (Å²) in [7, 11) is 0. The molecule has 1 aliphatic heterocycles. The van der Waals surface area contributed by atoms with Gasteiger partial charge in [0.1, 0.15) is 6.10 Å². The van der Waals surface area contributed by atoms with Gasteiger partial charge in [-0.1, -0.05) is 59.8 Å². The molecule has 3 aromatic rings. The second-order valence-electron chi connectivity index (χ2n) is 6.06. The van der Waals surface area contributed by atoms with E-state index in [0.29, 0.717) is 11.8 Å². The van der Waals surface area contributed by atoms with Crippen LogP contribution in [0.15, 0.2) is 73.1 Å². The van der Waals surface area contributed by atoms with Crippen molar-refractivity contribution in [1.82, 2.24) is 10.3 Å². The van der Waals surface area contributed by atoms with Crippen LogP contribution in [0.2, 0.25) is 5.02 Å². The minimum Gasteiger partial charge on any atom is -0.356 e. The first-order valence-electron chi connectivity index (χ1n) is 8.43. The lowest BCUT2D eigenvalue weighted by atomic mass is 9.97. The predicted molar refractivity (Wildman–Crippen MR) is 103 cm³/mol. The Morgan fingerprint density at radius 2 is 1.73 bits per heavy atom. The third-order valence-electron chi connectivity index (χ3n) is 4.32. The molecule has 1 saturated heterocycles. The van der Waals surface area contributed by atoms with E-state index >= 15 is 0 Å². The third-order valence-corrected chi connectivity index (χ3v) is 4.67. The SMILES string of the molecule is Clc1ccccc1[C@H]1OCN[C@@H]1c1cncc(C#Cc2ccccc2)c1. The Bertz CT molecular complexity index is 962. The van der Waals surface area contributed by atoms with Crippen LogP contribution in [0.3, 0.4) is 0 Å². The second-order valence-corrected chi connectivity index (χ2v) is 6.47. The summed E-state index contributed by atoms with van der Waals surface area (Å²) in [6.45, 7) is 0.473. The number of aromatic nitrogens is 1. The number of nitrogens with one attached hydrogen (secondary N) is 1. The first-order valence-corrected chi connectivity index (χ1v) is 8.80. The molecule has 0 amide bonds. The van der Waals surface area contributed by atoms with Crippen LogP contribution in [0, 0.1) is 11.8 Å². The zero-order chi connectivity index (χ0) is 17.8. The summed E-state index contributed by atoms with van der Waals surface area (Å²) in [6.07, 6.45) is 3.48. The van der Waals surface area contributed by atoms with E-state index < -0.39 is 0 Å². The van der Waals surface area contributed by atoms with Gasteiger partial charge >= 0.3 is 0 Å². The highest BCUT2D eigenvalue weighted by Gasteiger charge is 2.32. The highest BCUT2D eigenvalue weighted by Crippen LogP contribution is 2.38. The van der Waals surface area contributed by atoms with Crippen LogP contribution < -0.4 is 5.32 Å². The van der Waals surface area contributed by atoms with Crippen LogP contribution in [0.25, 0.3) is 0 Å². The number of hydrogen-bond donors (Lipinski definition) is 1. The van der Waals surface area contributed by atoms with E-state index in [4.69, 9.17) is 16.3 Å². The van der Waals surface area contributed by atoms with Gasteiger partial charge < -0.3 is 4.74 Å². The van der Waals surface area contributed by atoms with Gasteiger partial charge in [-0.15, -0.1) is 0 Å². The van der Waals surface area contributed by atoms with Gasteiger partial charge in [0.25, 0.3) is 0 Å². The van der Waals surface area contributed by atoms with Crippen LogP contribution in [0.5, 0.6) is 0 Å². The molecular weight excluding hydrogens is 344 g/mol. The molecule has 0 spiro atoms. The lowest BCUT2D eigenvalue weighted by Gasteiger charge is -2.19. The molecule has 2 heterocycles. The molecule has 1 aromatic heterocycles. The number of pyridine rings is 1. The van der Waals surface area contributed by atoms with Crippen LogP contribution in [-0.4, -0.2) is 11.7 Å². The van der Waals surface area contributed by atoms with E-state index in [9.17, 15) is 0 Å².